The first kappa shape index (κ1) is 28.2. The highest BCUT2D eigenvalue weighted by atomic mass is 32.2. The second kappa shape index (κ2) is 13.4. The molecule has 0 bridgehead atoms. The van der Waals surface area contributed by atoms with Gasteiger partial charge >= 0.3 is 0 Å². The maximum absolute atomic E-state index is 13.6. The fraction of sp³-hybridized carbons (Fsp3) is 0.0571. The number of benzene rings is 5. The molecule has 0 aliphatic carbocycles. The molecule has 43 heavy (non-hydrogen) atoms. The van der Waals surface area contributed by atoms with Gasteiger partial charge in [-0.05, 0) is 58.8 Å². The number of ether oxygens (including phenoxy) is 1. The van der Waals surface area contributed by atoms with E-state index < -0.39 is 5.25 Å². The smallest absolute Gasteiger partial charge is 0.262 e. The molecule has 1 aromatic heterocycles. The Morgan fingerprint density at radius 1 is 0.767 bits per heavy atom. The molecule has 1 heterocycles. The molecule has 6 rings (SSSR count). The number of hydrogen-bond acceptors (Lipinski definition) is 6. The van der Waals surface area contributed by atoms with Crippen molar-refractivity contribution in [2.24, 2.45) is 0 Å². The van der Waals surface area contributed by atoms with E-state index in [-0.39, 0.29) is 18.4 Å². The molecular formula is C35H27N3O3S2. The summed E-state index contributed by atoms with van der Waals surface area (Å²) in [7, 11) is 0. The molecule has 2 N–H and O–H groups in total. The summed E-state index contributed by atoms with van der Waals surface area (Å²) in [5.74, 6) is 0.223. The van der Waals surface area contributed by atoms with Gasteiger partial charge in [-0.2, -0.15) is 0 Å². The van der Waals surface area contributed by atoms with Crippen LogP contribution in [0.4, 0.5) is 10.8 Å². The molecule has 2 amide bonds. The van der Waals surface area contributed by atoms with Gasteiger partial charge in [0.1, 0.15) is 11.0 Å². The number of carbonyl (C=O) groups is 2. The normalized spacial score (nSPS) is 11.5. The number of anilines is 2. The fourth-order valence-electron chi connectivity index (χ4n) is 4.50. The van der Waals surface area contributed by atoms with Crippen molar-refractivity contribution < 1.29 is 14.3 Å². The Labute approximate surface area is 257 Å². The quantitative estimate of drug-likeness (QED) is 0.154. The van der Waals surface area contributed by atoms with Crippen molar-refractivity contribution in [3.05, 3.63) is 138 Å². The molecule has 0 fully saturated rings. The van der Waals surface area contributed by atoms with Gasteiger partial charge in [-0.15, -0.1) is 23.1 Å². The number of fused-ring (bicyclic) bond motifs is 1. The van der Waals surface area contributed by atoms with Gasteiger partial charge in [0.05, 0.1) is 5.69 Å². The summed E-state index contributed by atoms with van der Waals surface area (Å²) in [4.78, 5) is 31.5. The summed E-state index contributed by atoms with van der Waals surface area (Å²) < 4.78 is 5.52. The Kier molecular flexibility index (Phi) is 8.77. The maximum Gasteiger partial charge on any atom is 0.262 e. The van der Waals surface area contributed by atoms with Crippen molar-refractivity contribution in [3.63, 3.8) is 0 Å². The van der Waals surface area contributed by atoms with E-state index in [0.717, 1.165) is 27.1 Å². The number of thiazole rings is 1. The Hall–Kier alpha value is -4.92. The second-order valence-corrected chi connectivity index (χ2v) is 11.7. The molecule has 0 spiro atoms. The summed E-state index contributed by atoms with van der Waals surface area (Å²) in [5, 5.41) is 10.2. The molecule has 1 unspecified atom stereocenters. The molecule has 0 radical (unpaired) electrons. The van der Waals surface area contributed by atoms with Gasteiger partial charge in [0, 0.05) is 21.5 Å². The minimum atomic E-state index is -0.506. The number of hydrogen-bond donors (Lipinski definition) is 2. The monoisotopic (exact) mass is 601 g/mol. The third-order valence-electron chi connectivity index (χ3n) is 6.63. The zero-order valence-corrected chi connectivity index (χ0v) is 24.6. The topological polar surface area (TPSA) is 80.3 Å². The van der Waals surface area contributed by atoms with Gasteiger partial charge < -0.3 is 15.4 Å². The second-order valence-electron chi connectivity index (χ2n) is 9.67. The van der Waals surface area contributed by atoms with Crippen molar-refractivity contribution in [2.45, 2.75) is 10.1 Å². The van der Waals surface area contributed by atoms with Crippen LogP contribution in [-0.2, 0) is 9.59 Å². The molecule has 0 aliphatic rings. The van der Waals surface area contributed by atoms with Crippen LogP contribution in [0.15, 0.2) is 138 Å². The van der Waals surface area contributed by atoms with Crippen LogP contribution in [0.2, 0.25) is 0 Å². The van der Waals surface area contributed by atoms with Gasteiger partial charge in [-0.25, -0.2) is 4.98 Å². The summed E-state index contributed by atoms with van der Waals surface area (Å²) in [6, 6.07) is 40.7. The molecule has 0 saturated carbocycles. The molecular weight excluding hydrogens is 575 g/mol. The van der Waals surface area contributed by atoms with Crippen LogP contribution in [0.3, 0.4) is 0 Å². The average molecular weight is 602 g/mol. The predicted octanol–water partition coefficient (Wildman–Crippen LogP) is 8.45. The van der Waals surface area contributed by atoms with Crippen molar-refractivity contribution in [1.82, 2.24) is 4.98 Å². The number of para-hydroxylation sites is 1. The summed E-state index contributed by atoms with van der Waals surface area (Å²) >= 11 is 2.84. The zero-order valence-electron chi connectivity index (χ0n) is 23.0. The Bertz CT molecular complexity index is 1840. The Morgan fingerprint density at radius 3 is 2.23 bits per heavy atom. The van der Waals surface area contributed by atoms with E-state index in [0.29, 0.717) is 16.6 Å². The van der Waals surface area contributed by atoms with Crippen molar-refractivity contribution in [3.8, 4) is 17.0 Å². The molecule has 5 aromatic carbocycles. The first-order chi connectivity index (χ1) is 21.1. The SMILES string of the molecule is O=C(COc1ccccc1)Nc1ccc(SC(C(=O)Nc2nc(-c3ccc4ccccc4c3)cs2)c2ccccc2)cc1. The number of nitrogens with zero attached hydrogens (tertiary/aromatic N) is 1. The van der Waals surface area contributed by atoms with Crippen molar-refractivity contribution in [2.75, 3.05) is 17.2 Å². The lowest BCUT2D eigenvalue weighted by molar-refractivity contribution is -0.118. The standard InChI is InChI=1S/C35H27N3O3S2/c39-32(22-41-29-13-5-2-6-14-29)36-28-17-19-30(20-18-28)43-33(25-10-3-1-4-11-25)34(40)38-35-37-31(23-42-35)27-16-15-24-9-7-8-12-26(24)21-27/h1-21,23,33H,22H2,(H,36,39)(H,37,38,40). The Balaban J connectivity index is 1.12. The molecule has 6 aromatic rings. The highest BCUT2D eigenvalue weighted by Crippen LogP contribution is 2.37. The third kappa shape index (κ3) is 7.30. The predicted molar refractivity (Wildman–Crippen MR) is 176 cm³/mol. The summed E-state index contributed by atoms with van der Waals surface area (Å²) in [6.45, 7) is -0.0872. The molecule has 6 nitrogen and oxygen atoms in total. The first-order valence-corrected chi connectivity index (χ1v) is 15.4. The van der Waals surface area contributed by atoms with Crippen LogP contribution >= 0.6 is 23.1 Å². The van der Waals surface area contributed by atoms with Crippen molar-refractivity contribution >= 4 is 56.5 Å². The highest BCUT2D eigenvalue weighted by Gasteiger charge is 2.23. The van der Waals surface area contributed by atoms with Crippen molar-refractivity contribution in [1.29, 1.82) is 0 Å². The summed E-state index contributed by atoms with van der Waals surface area (Å²) in [6.07, 6.45) is 0. The van der Waals surface area contributed by atoms with Crippen LogP contribution in [0.1, 0.15) is 10.8 Å². The zero-order chi connectivity index (χ0) is 29.4. The molecule has 0 aliphatic heterocycles. The van der Waals surface area contributed by atoms with Crippen LogP contribution in [0.5, 0.6) is 5.75 Å². The number of thioether (sulfide) groups is 1. The van der Waals surface area contributed by atoms with Crippen LogP contribution in [0, 0.1) is 0 Å². The number of carbonyl (C=O) groups excluding carboxylic acids is 2. The molecule has 212 valence electrons. The fourth-order valence-corrected chi connectivity index (χ4v) is 6.25. The lowest BCUT2D eigenvalue weighted by Gasteiger charge is -2.16. The number of rotatable bonds is 10. The Morgan fingerprint density at radius 2 is 1.47 bits per heavy atom. The number of nitrogens with one attached hydrogen (secondary N) is 2. The molecule has 1 atom stereocenters. The highest BCUT2D eigenvalue weighted by molar-refractivity contribution is 8.00. The van der Waals surface area contributed by atoms with Gasteiger partial charge in [-0.1, -0.05) is 84.9 Å². The largest absolute Gasteiger partial charge is 0.484 e. The van der Waals surface area contributed by atoms with Crippen LogP contribution < -0.4 is 15.4 Å². The number of aromatic nitrogens is 1. The molecule has 8 heteroatoms. The van der Waals surface area contributed by atoms with E-state index in [1.807, 2.05) is 96.4 Å². The van der Waals surface area contributed by atoms with Gasteiger partial charge in [0.25, 0.3) is 5.91 Å². The average Bonchev–Trinajstić information content (AvgIpc) is 3.52. The van der Waals surface area contributed by atoms with E-state index in [4.69, 9.17) is 9.72 Å². The lowest BCUT2D eigenvalue weighted by atomic mass is 10.1. The van der Waals surface area contributed by atoms with Gasteiger partial charge in [-0.3, -0.25) is 9.59 Å². The van der Waals surface area contributed by atoms with Gasteiger partial charge in [0.2, 0.25) is 5.91 Å². The minimum absolute atomic E-state index is 0.0872. The van der Waals surface area contributed by atoms with E-state index in [2.05, 4.69) is 34.9 Å². The van der Waals surface area contributed by atoms with E-state index in [1.165, 1.54) is 28.5 Å². The molecule has 0 saturated heterocycles. The van der Waals surface area contributed by atoms with Gasteiger partial charge in [0.15, 0.2) is 11.7 Å². The van der Waals surface area contributed by atoms with E-state index in [1.54, 1.807) is 12.1 Å². The lowest BCUT2D eigenvalue weighted by Crippen LogP contribution is -2.20. The first-order valence-electron chi connectivity index (χ1n) is 13.7. The summed E-state index contributed by atoms with van der Waals surface area (Å²) in [5.41, 5.74) is 3.35. The van der Waals surface area contributed by atoms with Crippen LogP contribution in [-0.4, -0.2) is 23.4 Å². The minimum Gasteiger partial charge on any atom is -0.484 e. The van der Waals surface area contributed by atoms with E-state index in [9.17, 15) is 9.59 Å². The maximum atomic E-state index is 13.6. The van der Waals surface area contributed by atoms with Crippen LogP contribution in [0.25, 0.3) is 22.0 Å². The third-order valence-corrected chi connectivity index (χ3v) is 8.65. The van der Waals surface area contributed by atoms with E-state index >= 15 is 0 Å². The number of amides is 2.